The largest absolute Gasteiger partial charge is 0.452 e. The molecule has 68 valence electrons. The maximum absolute atomic E-state index is 10.5. The Morgan fingerprint density at radius 2 is 2.31 bits per heavy atom. The van der Waals surface area contributed by atoms with Crippen molar-refractivity contribution in [2.45, 2.75) is 0 Å². The second-order valence-electron chi connectivity index (χ2n) is 2.14. The van der Waals surface area contributed by atoms with Crippen LogP contribution < -0.4 is 5.43 Å². The van der Waals surface area contributed by atoms with Crippen LogP contribution in [0.15, 0.2) is 29.6 Å². The first-order chi connectivity index (χ1) is 6.33. The molecule has 0 saturated carbocycles. The molecule has 1 aromatic heterocycles. The molecule has 0 aliphatic carbocycles. The van der Waals surface area contributed by atoms with Crippen LogP contribution in [0.5, 0.6) is 0 Å². The van der Waals surface area contributed by atoms with Crippen LogP contribution >= 0.6 is 0 Å². The molecule has 1 amide bonds. The quantitative estimate of drug-likeness (QED) is 0.538. The van der Waals surface area contributed by atoms with E-state index in [1.165, 1.54) is 13.3 Å². The van der Waals surface area contributed by atoms with Gasteiger partial charge in [-0.1, -0.05) is 0 Å². The van der Waals surface area contributed by atoms with E-state index in [4.69, 9.17) is 0 Å². The van der Waals surface area contributed by atoms with Crippen LogP contribution in [-0.2, 0) is 4.74 Å². The number of amides is 1. The van der Waals surface area contributed by atoms with E-state index in [1.54, 1.807) is 24.5 Å². The molecule has 13 heavy (non-hydrogen) atoms. The lowest BCUT2D eigenvalue weighted by atomic mass is 10.3. The molecular weight excluding hydrogens is 170 g/mol. The first-order valence-electron chi connectivity index (χ1n) is 3.60. The molecule has 0 aliphatic rings. The lowest BCUT2D eigenvalue weighted by Crippen LogP contribution is -2.16. The van der Waals surface area contributed by atoms with Gasteiger partial charge in [-0.2, -0.15) is 5.10 Å². The summed E-state index contributed by atoms with van der Waals surface area (Å²) < 4.78 is 4.31. The van der Waals surface area contributed by atoms with E-state index in [1.807, 2.05) is 0 Å². The number of ether oxygens (including phenoxy) is 1. The Morgan fingerprint density at radius 1 is 1.62 bits per heavy atom. The van der Waals surface area contributed by atoms with E-state index in [9.17, 15) is 4.79 Å². The van der Waals surface area contributed by atoms with Crippen LogP contribution in [0.4, 0.5) is 4.79 Å². The van der Waals surface area contributed by atoms with E-state index in [0.717, 1.165) is 5.56 Å². The number of pyridine rings is 1. The first-order valence-corrected chi connectivity index (χ1v) is 3.60. The zero-order valence-corrected chi connectivity index (χ0v) is 7.10. The number of nitrogens with one attached hydrogen (secondary N) is 1. The topological polar surface area (TPSA) is 63.6 Å². The Morgan fingerprint density at radius 3 is 2.92 bits per heavy atom. The van der Waals surface area contributed by atoms with Crippen LogP contribution in [0, 0.1) is 0 Å². The summed E-state index contributed by atoms with van der Waals surface area (Å²) in [6, 6.07) is 3.53. The maximum atomic E-state index is 10.5. The van der Waals surface area contributed by atoms with Gasteiger partial charge in [0.05, 0.1) is 13.3 Å². The van der Waals surface area contributed by atoms with Crippen molar-refractivity contribution in [1.82, 2.24) is 10.4 Å². The summed E-state index contributed by atoms with van der Waals surface area (Å²) in [6.07, 6.45) is 4.18. The summed E-state index contributed by atoms with van der Waals surface area (Å²) in [5, 5.41) is 3.64. The lowest BCUT2D eigenvalue weighted by Gasteiger charge is -1.94. The smallest absolute Gasteiger partial charge is 0.427 e. The Balaban J connectivity index is 2.45. The molecule has 0 bridgehead atoms. The van der Waals surface area contributed by atoms with Gasteiger partial charge in [0.25, 0.3) is 0 Å². The van der Waals surface area contributed by atoms with Crippen LogP contribution in [0.1, 0.15) is 5.56 Å². The van der Waals surface area contributed by atoms with Crippen molar-refractivity contribution in [1.29, 1.82) is 0 Å². The highest BCUT2D eigenvalue weighted by molar-refractivity contribution is 5.80. The average molecular weight is 179 g/mol. The Bertz CT molecular complexity index is 298. The SMILES string of the molecule is COC(=O)NN=Cc1ccncc1. The fourth-order valence-electron chi connectivity index (χ4n) is 0.655. The van der Waals surface area contributed by atoms with Crippen molar-refractivity contribution in [3.8, 4) is 0 Å². The molecule has 0 radical (unpaired) electrons. The number of carbonyl (C=O) groups excluding carboxylic acids is 1. The number of carbonyl (C=O) groups is 1. The molecule has 1 N–H and O–H groups in total. The van der Waals surface area contributed by atoms with E-state index < -0.39 is 6.09 Å². The van der Waals surface area contributed by atoms with Crippen LogP contribution in [-0.4, -0.2) is 24.4 Å². The number of hydrazone groups is 1. The minimum atomic E-state index is -0.592. The molecule has 0 aliphatic heterocycles. The van der Waals surface area contributed by atoms with Gasteiger partial charge in [0.1, 0.15) is 0 Å². The molecule has 0 unspecified atom stereocenters. The number of nitrogens with zero attached hydrogens (tertiary/aromatic N) is 2. The first kappa shape index (κ1) is 9.18. The molecule has 0 fully saturated rings. The predicted molar refractivity (Wildman–Crippen MR) is 47.4 cm³/mol. The van der Waals surface area contributed by atoms with Gasteiger partial charge in [-0.05, 0) is 17.7 Å². The van der Waals surface area contributed by atoms with Gasteiger partial charge in [0, 0.05) is 12.4 Å². The van der Waals surface area contributed by atoms with Crippen molar-refractivity contribution in [3.05, 3.63) is 30.1 Å². The van der Waals surface area contributed by atoms with Gasteiger partial charge in [-0.25, -0.2) is 10.2 Å². The highest BCUT2D eigenvalue weighted by atomic mass is 16.5. The van der Waals surface area contributed by atoms with Crippen LogP contribution in [0.3, 0.4) is 0 Å². The van der Waals surface area contributed by atoms with Crippen LogP contribution in [0.2, 0.25) is 0 Å². The third-order valence-electron chi connectivity index (χ3n) is 1.26. The average Bonchev–Trinajstić information content (AvgIpc) is 2.19. The normalized spacial score (nSPS) is 9.92. The van der Waals surface area contributed by atoms with Crippen molar-refractivity contribution in [2.24, 2.45) is 5.10 Å². The molecule has 0 saturated heterocycles. The van der Waals surface area contributed by atoms with E-state index in [2.05, 4.69) is 20.2 Å². The summed E-state index contributed by atoms with van der Waals surface area (Å²) in [4.78, 5) is 14.4. The molecule has 0 spiro atoms. The highest BCUT2D eigenvalue weighted by Crippen LogP contribution is 1.89. The summed E-state index contributed by atoms with van der Waals surface area (Å²) in [5.41, 5.74) is 3.02. The number of hydrogen-bond donors (Lipinski definition) is 1. The summed E-state index contributed by atoms with van der Waals surface area (Å²) in [6.45, 7) is 0. The fraction of sp³-hybridized carbons (Fsp3) is 0.125. The monoisotopic (exact) mass is 179 g/mol. The second kappa shape index (κ2) is 4.87. The maximum Gasteiger partial charge on any atom is 0.427 e. The zero-order chi connectivity index (χ0) is 9.52. The van der Waals surface area contributed by atoms with Gasteiger partial charge in [0.2, 0.25) is 0 Å². The standard InChI is InChI=1S/C8H9N3O2/c1-13-8(12)11-10-6-7-2-4-9-5-3-7/h2-6H,1H3,(H,11,12). The molecule has 5 nitrogen and oxygen atoms in total. The third-order valence-corrected chi connectivity index (χ3v) is 1.26. The highest BCUT2D eigenvalue weighted by Gasteiger charge is 1.91. The van der Waals surface area contributed by atoms with Crippen molar-refractivity contribution < 1.29 is 9.53 Å². The second-order valence-corrected chi connectivity index (χ2v) is 2.14. The molecule has 0 atom stereocenters. The Labute approximate surface area is 75.4 Å². The minimum absolute atomic E-state index is 0.592. The Kier molecular flexibility index (Phi) is 3.44. The summed E-state index contributed by atoms with van der Waals surface area (Å²) in [5.74, 6) is 0. The Hall–Kier alpha value is -1.91. The number of aromatic nitrogens is 1. The van der Waals surface area contributed by atoms with E-state index >= 15 is 0 Å². The predicted octanol–water partition coefficient (Wildman–Crippen LogP) is 0.772. The molecule has 0 aromatic carbocycles. The van der Waals surface area contributed by atoms with E-state index in [-0.39, 0.29) is 0 Å². The third kappa shape index (κ3) is 3.33. The molecule has 5 heteroatoms. The van der Waals surface area contributed by atoms with Gasteiger partial charge < -0.3 is 4.74 Å². The fourth-order valence-corrected chi connectivity index (χ4v) is 0.655. The molecule has 1 heterocycles. The van der Waals surface area contributed by atoms with Gasteiger partial charge >= 0.3 is 6.09 Å². The van der Waals surface area contributed by atoms with Gasteiger partial charge in [-0.15, -0.1) is 0 Å². The van der Waals surface area contributed by atoms with Gasteiger partial charge in [-0.3, -0.25) is 4.98 Å². The van der Waals surface area contributed by atoms with Crippen molar-refractivity contribution >= 4 is 12.3 Å². The number of hydrogen-bond acceptors (Lipinski definition) is 4. The minimum Gasteiger partial charge on any atom is -0.452 e. The number of methoxy groups -OCH3 is 1. The summed E-state index contributed by atoms with van der Waals surface area (Å²) >= 11 is 0. The summed E-state index contributed by atoms with van der Waals surface area (Å²) in [7, 11) is 1.28. The van der Waals surface area contributed by atoms with E-state index in [0.29, 0.717) is 0 Å². The van der Waals surface area contributed by atoms with Crippen molar-refractivity contribution in [2.75, 3.05) is 7.11 Å². The molecular formula is C8H9N3O2. The zero-order valence-electron chi connectivity index (χ0n) is 7.10. The number of rotatable bonds is 2. The molecule has 1 aromatic rings. The van der Waals surface area contributed by atoms with Crippen LogP contribution in [0.25, 0.3) is 0 Å². The van der Waals surface area contributed by atoms with Gasteiger partial charge in [0.15, 0.2) is 0 Å². The molecule has 1 rings (SSSR count). The lowest BCUT2D eigenvalue weighted by molar-refractivity contribution is 0.171. The van der Waals surface area contributed by atoms with Crippen molar-refractivity contribution in [3.63, 3.8) is 0 Å².